The van der Waals surface area contributed by atoms with Crippen LogP contribution in [0.3, 0.4) is 0 Å². The number of imidazole rings is 1. The molecule has 3 rings (SSSR count). The molecular weight excluding hydrogens is 308 g/mol. The van der Waals surface area contributed by atoms with Crippen molar-refractivity contribution in [1.29, 1.82) is 0 Å². The van der Waals surface area contributed by atoms with E-state index in [1.165, 1.54) is 34.9 Å². The topological polar surface area (TPSA) is 17.3 Å². The third kappa shape index (κ3) is 2.35. The summed E-state index contributed by atoms with van der Waals surface area (Å²) >= 11 is 5.89. The van der Waals surface area contributed by atoms with Gasteiger partial charge in [0.2, 0.25) is 0 Å². The van der Waals surface area contributed by atoms with Gasteiger partial charge in [0.1, 0.15) is 5.82 Å². The maximum Gasteiger partial charge on any atom is 0.435 e. The van der Waals surface area contributed by atoms with E-state index in [9.17, 15) is 17.6 Å². The summed E-state index contributed by atoms with van der Waals surface area (Å²) in [5.41, 5.74) is -1.01. The molecule has 0 unspecified atom stereocenters. The molecule has 0 N–H and O–H groups in total. The van der Waals surface area contributed by atoms with Gasteiger partial charge < -0.3 is 0 Å². The molecule has 0 aliphatic heterocycles. The van der Waals surface area contributed by atoms with Gasteiger partial charge in [-0.15, -0.1) is 0 Å². The summed E-state index contributed by atoms with van der Waals surface area (Å²) in [5.74, 6) is -0.529. The molecule has 0 fully saturated rings. The van der Waals surface area contributed by atoms with Crippen LogP contribution in [0.15, 0.2) is 42.6 Å². The van der Waals surface area contributed by atoms with Crippen LogP contribution in [0.4, 0.5) is 17.6 Å². The first kappa shape index (κ1) is 13.9. The van der Waals surface area contributed by atoms with E-state index >= 15 is 0 Å². The zero-order valence-electron chi connectivity index (χ0n) is 10.3. The van der Waals surface area contributed by atoms with E-state index in [0.717, 1.165) is 12.1 Å². The predicted molar refractivity (Wildman–Crippen MR) is 70.6 cm³/mol. The van der Waals surface area contributed by atoms with Crippen LogP contribution >= 0.6 is 11.6 Å². The lowest BCUT2D eigenvalue weighted by Crippen LogP contribution is -2.07. The van der Waals surface area contributed by atoms with E-state index < -0.39 is 17.7 Å². The molecule has 0 saturated heterocycles. The summed E-state index contributed by atoms with van der Waals surface area (Å²) in [6.45, 7) is 0. The number of benzene rings is 1. The monoisotopic (exact) mass is 314 g/mol. The van der Waals surface area contributed by atoms with Crippen LogP contribution in [0, 0.1) is 5.82 Å². The number of aromatic nitrogens is 2. The second-order valence-corrected chi connectivity index (χ2v) is 4.77. The maximum absolute atomic E-state index is 13.2. The summed E-state index contributed by atoms with van der Waals surface area (Å²) in [6.07, 6.45) is -3.21. The van der Waals surface area contributed by atoms with Crippen LogP contribution in [0.2, 0.25) is 5.02 Å². The summed E-state index contributed by atoms with van der Waals surface area (Å²) in [5, 5.41) is 0.108. The van der Waals surface area contributed by atoms with Gasteiger partial charge in [-0.3, -0.25) is 4.40 Å². The number of fused-ring (bicyclic) bond motifs is 1. The van der Waals surface area contributed by atoms with Crippen molar-refractivity contribution in [2.45, 2.75) is 6.18 Å². The maximum atomic E-state index is 13.2. The minimum atomic E-state index is -4.64. The van der Waals surface area contributed by atoms with E-state index in [-0.39, 0.29) is 21.9 Å². The Hall–Kier alpha value is -2.08. The fraction of sp³-hybridized carbons (Fsp3) is 0.0714. The van der Waals surface area contributed by atoms with Gasteiger partial charge in [-0.25, -0.2) is 9.37 Å². The number of nitrogens with zero attached hydrogens (tertiary/aromatic N) is 2. The van der Waals surface area contributed by atoms with Gasteiger partial charge in [0, 0.05) is 11.8 Å². The highest BCUT2D eigenvalue weighted by Crippen LogP contribution is 2.38. The Kier molecular flexibility index (Phi) is 3.13. The average molecular weight is 315 g/mol. The van der Waals surface area contributed by atoms with Crippen molar-refractivity contribution in [1.82, 2.24) is 9.38 Å². The lowest BCUT2D eigenvalue weighted by Gasteiger charge is -2.08. The van der Waals surface area contributed by atoms with Crippen molar-refractivity contribution in [2.24, 2.45) is 0 Å². The Balaban J connectivity index is 2.38. The molecule has 0 bridgehead atoms. The molecule has 7 heteroatoms. The van der Waals surface area contributed by atoms with E-state index in [1.807, 2.05) is 0 Å². The van der Waals surface area contributed by atoms with Crippen LogP contribution in [0.25, 0.3) is 16.9 Å². The molecule has 0 atom stereocenters. The van der Waals surface area contributed by atoms with Crippen molar-refractivity contribution in [3.8, 4) is 11.3 Å². The molecule has 0 spiro atoms. The lowest BCUT2D eigenvalue weighted by atomic mass is 10.1. The Labute approximate surface area is 121 Å². The van der Waals surface area contributed by atoms with Gasteiger partial charge in [-0.2, -0.15) is 13.2 Å². The fourth-order valence-electron chi connectivity index (χ4n) is 2.12. The van der Waals surface area contributed by atoms with Crippen molar-refractivity contribution in [3.63, 3.8) is 0 Å². The molecule has 0 saturated carbocycles. The summed E-state index contributed by atoms with van der Waals surface area (Å²) in [4.78, 5) is 3.59. The lowest BCUT2D eigenvalue weighted by molar-refractivity contribution is -0.140. The van der Waals surface area contributed by atoms with Crippen molar-refractivity contribution < 1.29 is 17.6 Å². The van der Waals surface area contributed by atoms with Gasteiger partial charge in [0.15, 0.2) is 11.3 Å². The smallest absolute Gasteiger partial charge is 0.298 e. The Morgan fingerprint density at radius 1 is 1.05 bits per heavy atom. The molecular formula is C14H7ClF4N2. The predicted octanol–water partition coefficient (Wildman–Crippen LogP) is 4.81. The van der Waals surface area contributed by atoms with Crippen molar-refractivity contribution in [3.05, 3.63) is 59.1 Å². The third-order valence-electron chi connectivity index (χ3n) is 2.99. The summed E-state index contributed by atoms with van der Waals surface area (Å²) in [6, 6.07) is 7.71. The average Bonchev–Trinajstić information content (AvgIpc) is 2.81. The van der Waals surface area contributed by atoms with Crippen molar-refractivity contribution >= 4 is 17.2 Å². The minimum absolute atomic E-state index is 0.00539. The number of hydrogen-bond acceptors (Lipinski definition) is 1. The summed E-state index contributed by atoms with van der Waals surface area (Å²) < 4.78 is 53.8. The molecule has 108 valence electrons. The van der Waals surface area contributed by atoms with Crippen LogP contribution in [-0.4, -0.2) is 9.38 Å². The van der Waals surface area contributed by atoms with Gasteiger partial charge in [-0.05, 0) is 36.4 Å². The number of hydrogen-bond donors (Lipinski definition) is 0. The van der Waals surface area contributed by atoms with Crippen LogP contribution in [0.5, 0.6) is 0 Å². The van der Waals surface area contributed by atoms with Gasteiger partial charge in [0.05, 0.1) is 10.7 Å². The van der Waals surface area contributed by atoms with E-state index in [2.05, 4.69) is 4.98 Å². The molecule has 2 heterocycles. The van der Waals surface area contributed by atoms with E-state index in [4.69, 9.17) is 11.6 Å². The first-order chi connectivity index (χ1) is 9.88. The number of alkyl halides is 3. The molecule has 0 aliphatic carbocycles. The zero-order chi connectivity index (χ0) is 15.2. The summed E-state index contributed by atoms with van der Waals surface area (Å²) in [7, 11) is 0. The zero-order valence-corrected chi connectivity index (χ0v) is 11.1. The molecule has 3 aromatic rings. The van der Waals surface area contributed by atoms with Gasteiger partial charge >= 0.3 is 6.18 Å². The minimum Gasteiger partial charge on any atom is -0.298 e. The second kappa shape index (κ2) is 4.73. The molecule has 2 aromatic heterocycles. The van der Waals surface area contributed by atoms with Gasteiger partial charge in [-0.1, -0.05) is 11.6 Å². The molecule has 1 aromatic carbocycles. The highest BCUT2D eigenvalue weighted by molar-refractivity contribution is 6.33. The number of pyridine rings is 1. The van der Waals surface area contributed by atoms with Crippen molar-refractivity contribution in [2.75, 3.05) is 0 Å². The standard InChI is InChI=1S/C14H7ClF4N2/c15-10-2-1-7-21-11(8-3-5-9(16)6-4-8)12(14(17,18)19)20-13(10)21/h1-7H. The van der Waals surface area contributed by atoms with Crippen LogP contribution < -0.4 is 0 Å². The van der Waals surface area contributed by atoms with E-state index in [0.29, 0.717) is 0 Å². The highest BCUT2D eigenvalue weighted by atomic mass is 35.5. The second-order valence-electron chi connectivity index (χ2n) is 4.36. The molecule has 0 amide bonds. The SMILES string of the molecule is Fc1ccc(-c2c(C(F)(F)F)nc3c(Cl)cccn23)cc1. The molecule has 21 heavy (non-hydrogen) atoms. The largest absolute Gasteiger partial charge is 0.435 e. The first-order valence-electron chi connectivity index (χ1n) is 5.87. The van der Waals surface area contributed by atoms with Crippen LogP contribution in [0.1, 0.15) is 5.69 Å². The fourth-order valence-corrected chi connectivity index (χ4v) is 2.32. The first-order valence-corrected chi connectivity index (χ1v) is 6.25. The van der Waals surface area contributed by atoms with Crippen LogP contribution in [-0.2, 0) is 6.18 Å². The van der Waals surface area contributed by atoms with Gasteiger partial charge in [0.25, 0.3) is 0 Å². The number of rotatable bonds is 1. The Morgan fingerprint density at radius 3 is 2.33 bits per heavy atom. The number of halogens is 5. The quantitative estimate of drug-likeness (QED) is 0.589. The Bertz CT molecular complexity index is 806. The van der Waals surface area contributed by atoms with E-state index in [1.54, 1.807) is 0 Å². The molecule has 0 radical (unpaired) electrons. The normalized spacial score (nSPS) is 12.0. The Morgan fingerprint density at radius 2 is 1.71 bits per heavy atom. The molecule has 2 nitrogen and oxygen atoms in total. The highest BCUT2D eigenvalue weighted by Gasteiger charge is 2.38. The molecule has 0 aliphatic rings. The third-order valence-corrected chi connectivity index (χ3v) is 3.28.